The van der Waals surface area contributed by atoms with Crippen LogP contribution in [0.25, 0.3) is 0 Å². The van der Waals surface area contributed by atoms with Gasteiger partial charge in [-0.15, -0.1) is 0 Å². The number of rotatable bonds is 10. The summed E-state index contributed by atoms with van der Waals surface area (Å²) in [5.74, 6) is 1.20. The molecule has 1 unspecified atom stereocenters. The van der Waals surface area contributed by atoms with Crippen LogP contribution in [0, 0.1) is 5.92 Å². The van der Waals surface area contributed by atoms with Crippen molar-refractivity contribution in [3.05, 3.63) is 0 Å². The van der Waals surface area contributed by atoms with Crippen LogP contribution < -0.4 is 10.6 Å². The highest BCUT2D eigenvalue weighted by Crippen LogP contribution is 2.15. The van der Waals surface area contributed by atoms with E-state index in [1.165, 1.54) is 11.9 Å². The maximum Gasteiger partial charge on any atom is 0.401 e. The first-order valence-corrected chi connectivity index (χ1v) is 9.82. The first-order chi connectivity index (χ1) is 12.7. The minimum absolute atomic E-state index is 0.349. The third-order valence-corrected chi connectivity index (χ3v) is 4.52. The van der Waals surface area contributed by atoms with Crippen LogP contribution in [0.1, 0.15) is 27.2 Å². The molecule has 1 saturated heterocycles. The standard InChI is InChI=1S/C18H36F3N5O/c1-5-22-17(23-7-6-8-25(4)14-18(19,20)21)24-13-16(15(2)3)26-9-11-27-12-10-26/h15-16H,5-14H2,1-4H3,(H2,22,23,24). The zero-order valence-corrected chi connectivity index (χ0v) is 17.1. The molecular formula is C18H36F3N5O. The molecule has 1 aliphatic rings. The van der Waals surface area contributed by atoms with Gasteiger partial charge in [0.1, 0.15) is 0 Å². The zero-order chi connectivity index (χ0) is 20.3. The number of alkyl halides is 3. The Morgan fingerprint density at radius 1 is 1.22 bits per heavy atom. The first kappa shape index (κ1) is 24.0. The van der Waals surface area contributed by atoms with Crippen LogP contribution in [0.15, 0.2) is 4.99 Å². The van der Waals surface area contributed by atoms with Crippen molar-refractivity contribution in [1.29, 1.82) is 0 Å². The molecule has 1 heterocycles. The summed E-state index contributed by atoms with van der Waals surface area (Å²) < 4.78 is 42.5. The quantitative estimate of drug-likeness (QED) is 0.336. The summed E-state index contributed by atoms with van der Waals surface area (Å²) in [6.45, 7) is 11.3. The molecule has 0 saturated carbocycles. The minimum Gasteiger partial charge on any atom is -0.379 e. The van der Waals surface area contributed by atoms with E-state index in [1.54, 1.807) is 0 Å². The van der Waals surface area contributed by atoms with Crippen molar-refractivity contribution in [3.8, 4) is 0 Å². The molecule has 1 atom stereocenters. The van der Waals surface area contributed by atoms with E-state index < -0.39 is 12.7 Å². The normalized spacial score (nSPS) is 18.2. The van der Waals surface area contributed by atoms with E-state index in [1.807, 2.05) is 6.92 Å². The molecule has 0 aromatic heterocycles. The number of aliphatic imine (C=N–C) groups is 1. The lowest BCUT2D eigenvalue weighted by atomic mass is 10.0. The summed E-state index contributed by atoms with van der Waals surface area (Å²) in [6, 6.07) is 0.349. The lowest BCUT2D eigenvalue weighted by Gasteiger charge is -2.36. The Morgan fingerprint density at radius 2 is 1.89 bits per heavy atom. The maximum atomic E-state index is 12.3. The second-order valence-electron chi connectivity index (χ2n) is 7.31. The molecule has 1 aliphatic heterocycles. The van der Waals surface area contributed by atoms with E-state index in [0.29, 0.717) is 38.0 Å². The van der Waals surface area contributed by atoms with Gasteiger partial charge in [-0.2, -0.15) is 13.2 Å². The van der Waals surface area contributed by atoms with Gasteiger partial charge in [0.2, 0.25) is 0 Å². The number of halogens is 3. The fraction of sp³-hybridized carbons (Fsp3) is 0.944. The Balaban J connectivity index is 2.45. The van der Waals surface area contributed by atoms with E-state index in [-0.39, 0.29) is 0 Å². The Bertz CT molecular complexity index is 426. The van der Waals surface area contributed by atoms with Crippen LogP contribution in [0.3, 0.4) is 0 Å². The van der Waals surface area contributed by atoms with E-state index in [9.17, 15) is 13.2 Å². The van der Waals surface area contributed by atoms with E-state index in [2.05, 4.69) is 29.4 Å². The van der Waals surface area contributed by atoms with E-state index in [4.69, 9.17) is 9.73 Å². The number of ether oxygens (including phenoxy) is 1. The minimum atomic E-state index is -4.15. The molecule has 9 heteroatoms. The van der Waals surface area contributed by atoms with Crippen LogP contribution in [0.4, 0.5) is 13.2 Å². The van der Waals surface area contributed by atoms with Crippen LogP contribution in [-0.2, 0) is 4.74 Å². The number of hydrogen-bond donors (Lipinski definition) is 2. The smallest absolute Gasteiger partial charge is 0.379 e. The molecule has 1 rings (SSSR count). The van der Waals surface area contributed by atoms with E-state index >= 15 is 0 Å². The fourth-order valence-electron chi connectivity index (χ4n) is 3.12. The summed E-state index contributed by atoms with van der Waals surface area (Å²) in [5.41, 5.74) is 0. The average molecular weight is 396 g/mol. The van der Waals surface area contributed by atoms with Gasteiger partial charge in [0.15, 0.2) is 5.96 Å². The summed E-state index contributed by atoms with van der Waals surface area (Å²) in [7, 11) is 1.49. The molecule has 160 valence electrons. The van der Waals surface area contributed by atoms with Crippen molar-refractivity contribution < 1.29 is 17.9 Å². The SMILES string of the molecule is CCNC(=NCC(C(C)C)N1CCOCC1)NCCCN(C)CC(F)(F)F. The number of guanidine groups is 1. The zero-order valence-electron chi connectivity index (χ0n) is 17.1. The molecule has 0 amide bonds. The van der Waals surface area contributed by atoms with Gasteiger partial charge < -0.3 is 15.4 Å². The summed E-state index contributed by atoms with van der Waals surface area (Å²) in [4.78, 5) is 8.42. The monoisotopic (exact) mass is 395 g/mol. The second kappa shape index (κ2) is 12.4. The third-order valence-electron chi connectivity index (χ3n) is 4.52. The molecule has 1 fully saturated rings. The van der Waals surface area contributed by atoms with Gasteiger partial charge in [-0.1, -0.05) is 13.8 Å². The maximum absolute atomic E-state index is 12.3. The fourth-order valence-corrected chi connectivity index (χ4v) is 3.12. The molecule has 6 nitrogen and oxygen atoms in total. The summed E-state index contributed by atoms with van der Waals surface area (Å²) >= 11 is 0. The van der Waals surface area contributed by atoms with Crippen LogP contribution >= 0.6 is 0 Å². The summed E-state index contributed by atoms with van der Waals surface area (Å²) in [5, 5.41) is 6.43. The van der Waals surface area contributed by atoms with Gasteiger partial charge in [0.25, 0.3) is 0 Å². The largest absolute Gasteiger partial charge is 0.401 e. The predicted molar refractivity (Wildman–Crippen MR) is 103 cm³/mol. The second-order valence-corrected chi connectivity index (χ2v) is 7.31. The van der Waals surface area contributed by atoms with Gasteiger partial charge in [-0.05, 0) is 32.9 Å². The van der Waals surface area contributed by atoms with Gasteiger partial charge in [-0.25, -0.2) is 0 Å². The third kappa shape index (κ3) is 10.8. The van der Waals surface area contributed by atoms with Crippen molar-refractivity contribution >= 4 is 5.96 Å². The molecule has 27 heavy (non-hydrogen) atoms. The highest BCUT2D eigenvalue weighted by atomic mass is 19.4. The molecule has 0 aromatic carbocycles. The van der Waals surface area contributed by atoms with Crippen molar-refractivity contribution in [2.45, 2.75) is 39.4 Å². The number of nitrogens with zero attached hydrogens (tertiary/aromatic N) is 3. The molecule has 0 aliphatic carbocycles. The average Bonchev–Trinajstić information content (AvgIpc) is 2.57. The Kier molecular flexibility index (Phi) is 11.0. The molecule has 0 aromatic rings. The van der Waals surface area contributed by atoms with Crippen molar-refractivity contribution in [1.82, 2.24) is 20.4 Å². The van der Waals surface area contributed by atoms with Gasteiger partial charge in [0, 0.05) is 32.2 Å². The Morgan fingerprint density at radius 3 is 2.44 bits per heavy atom. The summed E-state index contributed by atoms with van der Waals surface area (Å²) in [6.07, 6.45) is -3.53. The van der Waals surface area contributed by atoms with E-state index in [0.717, 1.165) is 38.8 Å². The van der Waals surface area contributed by atoms with Crippen LogP contribution in [-0.4, -0.2) is 94.1 Å². The molecule has 2 N–H and O–H groups in total. The highest BCUT2D eigenvalue weighted by Gasteiger charge is 2.28. The number of morpholine rings is 1. The van der Waals surface area contributed by atoms with Crippen LogP contribution in [0.5, 0.6) is 0 Å². The molecule has 0 radical (unpaired) electrons. The molecular weight excluding hydrogens is 359 g/mol. The van der Waals surface area contributed by atoms with Gasteiger partial charge in [-0.3, -0.25) is 14.8 Å². The lowest BCUT2D eigenvalue weighted by molar-refractivity contribution is -0.143. The molecule has 0 spiro atoms. The van der Waals surface area contributed by atoms with Crippen molar-refractivity contribution in [2.24, 2.45) is 10.9 Å². The Labute approximate surface area is 161 Å². The van der Waals surface area contributed by atoms with Crippen LogP contribution in [0.2, 0.25) is 0 Å². The molecule has 0 bridgehead atoms. The predicted octanol–water partition coefficient (Wildman–Crippen LogP) is 1.78. The Hall–Kier alpha value is -1.06. The van der Waals surface area contributed by atoms with Gasteiger partial charge >= 0.3 is 6.18 Å². The van der Waals surface area contributed by atoms with Crippen molar-refractivity contribution in [3.63, 3.8) is 0 Å². The number of nitrogens with one attached hydrogen (secondary N) is 2. The highest BCUT2D eigenvalue weighted by molar-refractivity contribution is 5.79. The van der Waals surface area contributed by atoms with Gasteiger partial charge in [0.05, 0.1) is 26.3 Å². The lowest BCUT2D eigenvalue weighted by Crippen LogP contribution is -2.48. The number of hydrogen-bond acceptors (Lipinski definition) is 4. The first-order valence-electron chi connectivity index (χ1n) is 9.82. The topological polar surface area (TPSA) is 52.1 Å². The van der Waals surface area contributed by atoms with Crippen molar-refractivity contribution in [2.75, 3.05) is 66.1 Å².